The predicted octanol–water partition coefficient (Wildman–Crippen LogP) is 0.368. The van der Waals surface area contributed by atoms with Gasteiger partial charge >= 0.3 is 5.97 Å². The van der Waals surface area contributed by atoms with Gasteiger partial charge in [0.2, 0.25) is 16.9 Å². The van der Waals surface area contributed by atoms with Crippen LogP contribution in [-0.4, -0.2) is 78.5 Å². The minimum absolute atomic E-state index is 0.0308. The lowest BCUT2D eigenvalue weighted by molar-refractivity contribution is -0.145. The molecule has 0 aliphatic carbocycles. The van der Waals surface area contributed by atoms with Crippen molar-refractivity contribution in [3.63, 3.8) is 0 Å². The molecular formula is C15H23N5O4S2. The van der Waals surface area contributed by atoms with Crippen LogP contribution in [0.1, 0.15) is 19.8 Å². The van der Waals surface area contributed by atoms with E-state index in [-0.39, 0.29) is 30.6 Å². The summed E-state index contributed by atoms with van der Waals surface area (Å²) in [5.41, 5.74) is 0. The Morgan fingerprint density at radius 3 is 2.58 bits per heavy atom. The Labute approximate surface area is 160 Å². The molecule has 1 aliphatic rings. The molecule has 0 spiro atoms. The lowest BCUT2D eigenvalue weighted by Gasteiger charge is -2.34. The number of esters is 1. The molecule has 0 bridgehead atoms. The van der Waals surface area contributed by atoms with Crippen molar-refractivity contribution in [2.24, 2.45) is 0 Å². The number of amides is 2. The number of nitrogens with zero attached hydrogens (tertiary/aromatic N) is 4. The number of rotatable bonds is 8. The van der Waals surface area contributed by atoms with Crippen LogP contribution in [0.25, 0.3) is 0 Å². The number of carbonyl (C=O) groups is 3. The summed E-state index contributed by atoms with van der Waals surface area (Å²) in [5, 5.41) is 11.6. The molecule has 0 radical (unpaired) electrons. The van der Waals surface area contributed by atoms with E-state index in [1.165, 1.54) is 23.1 Å². The first kappa shape index (κ1) is 20.4. The van der Waals surface area contributed by atoms with Crippen molar-refractivity contribution in [3.05, 3.63) is 0 Å². The first-order valence-electron chi connectivity index (χ1n) is 8.38. The van der Waals surface area contributed by atoms with Crippen LogP contribution in [0.5, 0.6) is 0 Å². The monoisotopic (exact) mass is 401 g/mol. The van der Waals surface area contributed by atoms with Crippen molar-refractivity contribution < 1.29 is 19.1 Å². The molecule has 11 heteroatoms. The molecule has 0 unspecified atom stereocenters. The SMILES string of the molecule is CCOC(=O)CCC(=O)N1CCN(c2nnc(SCC(=O)NC)s2)CC1. The highest BCUT2D eigenvalue weighted by atomic mass is 32.2. The molecule has 1 aliphatic heterocycles. The van der Waals surface area contributed by atoms with E-state index < -0.39 is 0 Å². The number of thioether (sulfide) groups is 1. The number of hydrogen-bond donors (Lipinski definition) is 1. The van der Waals surface area contributed by atoms with Crippen LogP contribution in [0.3, 0.4) is 0 Å². The van der Waals surface area contributed by atoms with Crippen LogP contribution in [0.15, 0.2) is 4.34 Å². The number of anilines is 1. The Hall–Kier alpha value is -1.88. The fourth-order valence-corrected chi connectivity index (χ4v) is 4.10. The molecule has 9 nitrogen and oxygen atoms in total. The number of aromatic nitrogens is 2. The summed E-state index contributed by atoms with van der Waals surface area (Å²) in [4.78, 5) is 38.6. The normalized spacial score (nSPS) is 14.2. The third kappa shape index (κ3) is 6.13. The van der Waals surface area contributed by atoms with Gasteiger partial charge in [-0.15, -0.1) is 10.2 Å². The smallest absolute Gasteiger partial charge is 0.306 e. The lowest BCUT2D eigenvalue weighted by atomic mass is 10.2. The number of nitrogens with one attached hydrogen (secondary N) is 1. The minimum atomic E-state index is -0.338. The molecule has 1 fully saturated rings. The summed E-state index contributed by atoms with van der Waals surface area (Å²) in [6, 6.07) is 0. The van der Waals surface area contributed by atoms with Gasteiger partial charge < -0.3 is 19.9 Å². The molecule has 1 aromatic heterocycles. The zero-order valence-electron chi connectivity index (χ0n) is 14.9. The van der Waals surface area contributed by atoms with Gasteiger partial charge in [-0.3, -0.25) is 14.4 Å². The highest BCUT2D eigenvalue weighted by Gasteiger charge is 2.23. The van der Waals surface area contributed by atoms with Crippen molar-refractivity contribution in [1.29, 1.82) is 0 Å². The Morgan fingerprint density at radius 1 is 1.19 bits per heavy atom. The largest absolute Gasteiger partial charge is 0.466 e. The number of carbonyl (C=O) groups excluding carboxylic acids is 3. The fraction of sp³-hybridized carbons (Fsp3) is 0.667. The van der Waals surface area contributed by atoms with Crippen LogP contribution in [-0.2, 0) is 19.1 Å². The zero-order chi connectivity index (χ0) is 18.9. The van der Waals surface area contributed by atoms with Crippen molar-refractivity contribution in [2.75, 3.05) is 50.5 Å². The third-order valence-electron chi connectivity index (χ3n) is 3.75. The molecule has 26 heavy (non-hydrogen) atoms. The minimum Gasteiger partial charge on any atom is -0.466 e. The number of ether oxygens (including phenoxy) is 1. The van der Waals surface area contributed by atoms with Gasteiger partial charge in [-0.1, -0.05) is 23.1 Å². The summed E-state index contributed by atoms with van der Waals surface area (Å²) in [5.74, 6) is -0.109. The molecule has 2 heterocycles. The molecule has 0 saturated carbocycles. The average molecular weight is 402 g/mol. The molecule has 2 rings (SSSR count). The van der Waals surface area contributed by atoms with E-state index in [1.807, 2.05) is 0 Å². The maximum Gasteiger partial charge on any atom is 0.306 e. The summed E-state index contributed by atoms with van der Waals surface area (Å²) >= 11 is 2.80. The molecule has 1 aromatic rings. The van der Waals surface area contributed by atoms with Gasteiger partial charge in [-0.2, -0.15) is 0 Å². The van der Waals surface area contributed by atoms with E-state index in [9.17, 15) is 14.4 Å². The molecule has 1 N–H and O–H groups in total. The van der Waals surface area contributed by atoms with Crippen LogP contribution in [0.2, 0.25) is 0 Å². The van der Waals surface area contributed by atoms with Gasteiger partial charge in [0.05, 0.1) is 18.8 Å². The first-order valence-corrected chi connectivity index (χ1v) is 10.2. The van der Waals surface area contributed by atoms with E-state index >= 15 is 0 Å². The van der Waals surface area contributed by atoms with Gasteiger partial charge in [0.15, 0.2) is 4.34 Å². The van der Waals surface area contributed by atoms with Crippen LogP contribution in [0.4, 0.5) is 5.13 Å². The van der Waals surface area contributed by atoms with Gasteiger partial charge in [0, 0.05) is 39.6 Å². The summed E-state index contributed by atoms with van der Waals surface area (Å²) in [6.07, 6.45) is 0.299. The second-order valence-electron chi connectivity index (χ2n) is 5.49. The van der Waals surface area contributed by atoms with E-state index in [2.05, 4.69) is 20.4 Å². The molecule has 144 valence electrons. The first-order chi connectivity index (χ1) is 12.5. The Balaban J connectivity index is 1.75. The van der Waals surface area contributed by atoms with Crippen molar-refractivity contribution in [3.8, 4) is 0 Å². The fourth-order valence-electron chi connectivity index (χ4n) is 2.34. The molecule has 2 amide bonds. The van der Waals surface area contributed by atoms with Gasteiger partial charge in [0.1, 0.15) is 0 Å². The summed E-state index contributed by atoms with van der Waals surface area (Å²) in [7, 11) is 1.60. The standard InChI is InChI=1S/C15H23N5O4S2/c1-3-24-13(23)5-4-12(22)19-6-8-20(9-7-19)14-17-18-15(26-14)25-10-11(21)16-2/h3-10H2,1-2H3,(H,16,21). The van der Waals surface area contributed by atoms with Gasteiger partial charge in [-0.25, -0.2) is 0 Å². The third-order valence-corrected chi connectivity index (χ3v) is 5.87. The predicted molar refractivity (Wildman–Crippen MR) is 99.4 cm³/mol. The van der Waals surface area contributed by atoms with E-state index in [0.29, 0.717) is 38.5 Å². The highest BCUT2D eigenvalue weighted by Crippen LogP contribution is 2.28. The van der Waals surface area contributed by atoms with Gasteiger partial charge in [-0.05, 0) is 6.92 Å². The number of hydrogen-bond acceptors (Lipinski definition) is 9. The van der Waals surface area contributed by atoms with E-state index in [0.717, 1.165) is 9.47 Å². The average Bonchev–Trinajstić information content (AvgIpc) is 3.13. The number of piperazine rings is 1. The Kier molecular flexibility index (Phi) is 8.10. The summed E-state index contributed by atoms with van der Waals surface area (Å²) < 4.78 is 5.59. The second kappa shape index (κ2) is 10.3. The molecule has 0 atom stereocenters. The van der Waals surface area contributed by atoms with E-state index in [1.54, 1.807) is 18.9 Å². The topological polar surface area (TPSA) is 105 Å². The molecule has 1 saturated heterocycles. The maximum atomic E-state index is 12.2. The van der Waals surface area contributed by atoms with Crippen LogP contribution in [0, 0.1) is 0 Å². The second-order valence-corrected chi connectivity index (χ2v) is 7.66. The van der Waals surface area contributed by atoms with E-state index in [4.69, 9.17) is 4.74 Å². The van der Waals surface area contributed by atoms with Crippen LogP contribution >= 0.6 is 23.1 Å². The Morgan fingerprint density at radius 2 is 1.92 bits per heavy atom. The lowest BCUT2D eigenvalue weighted by Crippen LogP contribution is -2.48. The molecular weight excluding hydrogens is 378 g/mol. The summed E-state index contributed by atoms with van der Waals surface area (Å²) in [6.45, 7) is 4.58. The van der Waals surface area contributed by atoms with Crippen molar-refractivity contribution >= 4 is 46.0 Å². The highest BCUT2D eigenvalue weighted by molar-refractivity contribution is 8.01. The maximum absolute atomic E-state index is 12.2. The van der Waals surface area contributed by atoms with Crippen LogP contribution < -0.4 is 10.2 Å². The quantitative estimate of drug-likeness (QED) is 0.492. The van der Waals surface area contributed by atoms with Crippen molar-refractivity contribution in [1.82, 2.24) is 20.4 Å². The van der Waals surface area contributed by atoms with Gasteiger partial charge in [0.25, 0.3) is 0 Å². The van der Waals surface area contributed by atoms with Crippen molar-refractivity contribution in [2.45, 2.75) is 24.1 Å². The Bertz CT molecular complexity index is 631. The zero-order valence-corrected chi connectivity index (χ0v) is 16.5. The molecule has 0 aromatic carbocycles.